The molecule has 0 atom stereocenters. The fourth-order valence-corrected chi connectivity index (χ4v) is 24.3. The van der Waals surface area contributed by atoms with Crippen LogP contribution in [0.3, 0.4) is 0 Å². The van der Waals surface area contributed by atoms with E-state index < -0.39 is 5.41 Å². The van der Waals surface area contributed by atoms with Crippen LogP contribution in [0.5, 0.6) is 17.2 Å². The Labute approximate surface area is 806 Å². The molecule has 0 saturated carbocycles. The summed E-state index contributed by atoms with van der Waals surface area (Å²) in [4.78, 5) is 7.35. The van der Waals surface area contributed by atoms with Crippen LogP contribution in [0.15, 0.2) is 400 Å². The Morgan fingerprint density at radius 1 is 0.175 bits per heavy atom. The van der Waals surface area contributed by atoms with Crippen molar-refractivity contribution in [3.63, 3.8) is 0 Å². The van der Waals surface area contributed by atoms with Gasteiger partial charge < -0.3 is 28.9 Å². The lowest BCUT2D eigenvalue weighted by Crippen LogP contribution is -2.25. The summed E-state index contributed by atoms with van der Waals surface area (Å²) in [6.45, 7) is 31.8. The van der Waals surface area contributed by atoms with Gasteiger partial charge in [0.2, 0.25) is 0 Å². The van der Waals surface area contributed by atoms with Gasteiger partial charge in [-0.25, -0.2) is 0 Å². The van der Waals surface area contributed by atoms with E-state index in [1.165, 1.54) is 134 Å². The fraction of sp³-hybridized carbons (Fsp3) is 0.176. The molecule has 24 rings (SSSR count). The van der Waals surface area contributed by atoms with Crippen molar-refractivity contribution in [2.24, 2.45) is 0 Å². The SMILES string of the molecule is CC1(C)c2ccccc2-c2ccc(N(c3cccc(COc4ccc(C(C)(c5ccc(OCc6cccc(N(c7ccc8c(c7)C(C)(C)c7ccccc7-8)c7ccc8c(c7)C(C)(C)c7ccccc7-8)c6)cc5)c5ccc(OCc6cccc(N(c7ccc8c(c7)C(C)(C)c7ccccc7-8)c7ccc8c(c7)C(C)(C)c7ccccc7-8)c6)cc5)cc4)c3)c3ccc4c(c3)C(C)(C)c3ccccc3-4)cc21. The number of hydrogen-bond donors (Lipinski definition) is 0. The lowest BCUT2D eigenvalue weighted by atomic mass is 9.71. The molecule has 18 aromatic carbocycles. The van der Waals surface area contributed by atoms with Crippen molar-refractivity contribution in [1.82, 2.24) is 0 Å². The highest BCUT2D eigenvalue weighted by Crippen LogP contribution is 2.59. The van der Waals surface area contributed by atoms with Gasteiger partial charge in [0.25, 0.3) is 0 Å². The second-order valence-electron chi connectivity index (χ2n) is 42.0. The molecule has 668 valence electrons. The molecule has 6 nitrogen and oxygen atoms in total. The normalized spacial score (nSPS) is 15.0. The van der Waals surface area contributed by atoms with E-state index in [0.717, 1.165) is 102 Å². The van der Waals surface area contributed by atoms with E-state index in [9.17, 15) is 0 Å². The summed E-state index contributed by atoms with van der Waals surface area (Å²) in [6, 6.07) is 149. The minimum absolute atomic E-state index is 0.179. The van der Waals surface area contributed by atoms with Gasteiger partial charge in [-0.15, -0.1) is 0 Å². The van der Waals surface area contributed by atoms with Crippen LogP contribution in [-0.2, 0) is 57.7 Å². The summed E-state index contributed by atoms with van der Waals surface area (Å²) in [5.74, 6) is 2.33. The van der Waals surface area contributed by atoms with E-state index in [2.05, 4.69) is 505 Å². The largest absolute Gasteiger partial charge is 0.489 e. The Hall–Kier alpha value is -15.2. The Morgan fingerprint density at radius 3 is 0.547 bits per heavy atom. The maximum Gasteiger partial charge on any atom is 0.119 e. The van der Waals surface area contributed by atoms with Gasteiger partial charge in [0.1, 0.15) is 37.1 Å². The molecule has 6 aliphatic rings. The van der Waals surface area contributed by atoms with Crippen molar-refractivity contribution < 1.29 is 14.2 Å². The smallest absolute Gasteiger partial charge is 0.119 e. The van der Waals surface area contributed by atoms with Gasteiger partial charge in [-0.3, -0.25) is 0 Å². The van der Waals surface area contributed by atoms with Gasteiger partial charge in [0, 0.05) is 89.1 Å². The molecule has 137 heavy (non-hydrogen) atoms. The zero-order chi connectivity index (χ0) is 93.4. The third kappa shape index (κ3) is 13.6. The van der Waals surface area contributed by atoms with Crippen LogP contribution in [-0.4, -0.2) is 0 Å². The standard InChI is InChI=1S/C131H111N3O3/c1-125(2)113-41-20-14-35-101(113)107-65-53-92(74-119(107)125)132(93-54-66-108-102-36-15-21-42-114(102)126(3,4)120(108)75-93)89-32-26-29-83(71-89)80-135-98-59-47-86(48-60-98)131(13,87-49-61-99(62-50-87)136-81-84-30-27-33-90(72-84)133(94-55-67-109-103-37-16-22-43-115(103)127(5,6)121(109)76-94)95-56-68-110-104-38-17-23-44-116(104)128(7,8)122(110)77-95)88-51-63-100(64-52-88)137-82-85-31-28-34-91(73-85)134(96-57-69-111-105-39-18-24-45-117(105)129(9,10)123(111)78-96)97-58-70-112-106-40-19-25-46-118(106)130(11,12)124(112)79-97/h14-79H,80-82H2,1-13H3. The van der Waals surface area contributed by atoms with E-state index in [0.29, 0.717) is 19.8 Å². The molecule has 0 heterocycles. The predicted molar refractivity (Wildman–Crippen MR) is 567 cm³/mol. The van der Waals surface area contributed by atoms with E-state index in [-0.39, 0.29) is 32.5 Å². The Bertz CT molecular complexity index is 6880. The first-order valence-electron chi connectivity index (χ1n) is 48.6. The highest BCUT2D eigenvalue weighted by atomic mass is 16.5. The molecule has 0 fully saturated rings. The third-order valence-corrected chi connectivity index (χ3v) is 32.0. The summed E-state index contributed by atoms with van der Waals surface area (Å²) >= 11 is 0. The highest BCUT2D eigenvalue weighted by Gasteiger charge is 2.44. The Kier molecular flexibility index (Phi) is 19.6. The fourth-order valence-electron chi connectivity index (χ4n) is 24.3. The molecule has 0 saturated heterocycles. The van der Waals surface area contributed by atoms with Gasteiger partial charge in [-0.05, 0) is 319 Å². The number of anilines is 9. The molecule has 0 N–H and O–H groups in total. The van der Waals surface area contributed by atoms with Crippen LogP contribution < -0.4 is 28.9 Å². The number of benzene rings is 18. The number of rotatable bonds is 21. The van der Waals surface area contributed by atoms with Crippen molar-refractivity contribution in [2.75, 3.05) is 14.7 Å². The van der Waals surface area contributed by atoms with Crippen molar-refractivity contribution in [2.45, 2.75) is 148 Å². The number of ether oxygens (including phenoxy) is 3. The molecule has 0 aliphatic heterocycles. The summed E-state index contributed by atoms with van der Waals surface area (Å²) in [5.41, 5.74) is 46.4. The van der Waals surface area contributed by atoms with E-state index in [1.54, 1.807) is 0 Å². The maximum absolute atomic E-state index is 6.93. The summed E-state index contributed by atoms with van der Waals surface area (Å²) in [6.07, 6.45) is 0. The molecule has 18 aromatic rings. The first kappa shape index (κ1) is 84.7. The van der Waals surface area contributed by atoms with Gasteiger partial charge in [0.15, 0.2) is 0 Å². The Balaban J connectivity index is 0.540. The van der Waals surface area contributed by atoms with Gasteiger partial charge in [-0.1, -0.05) is 338 Å². The van der Waals surface area contributed by atoms with Crippen LogP contribution in [0.2, 0.25) is 0 Å². The molecule has 0 unspecified atom stereocenters. The van der Waals surface area contributed by atoms with Gasteiger partial charge in [0.05, 0.1) is 0 Å². The van der Waals surface area contributed by atoms with E-state index in [4.69, 9.17) is 14.2 Å². The molecule has 0 radical (unpaired) electrons. The second kappa shape index (κ2) is 31.7. The number of nitrogens with zero attached hydrogens (tertiary/aromatic N) is 3. The zero-order valence-electron chi connectivity index (χ0n) is 80.3. The maximum atomic E-state index is 6.93. The summed E-state index contributed by atoms with van der Waals surface area (Å²) in [7, 11) is 0. The average Bonchev–Trinajstić information content (AvgIpc) is 1.59. The van der Waals surface area contributed by atoms with Crippen LogP contribution in [0.25, 0.3) is 66.8 Å². The van der Waals surface area contributed by atoms with Crippen molar-refractivity contribution in [3.8, 4) is 84.0 Å². The van der Waals surface area contributed by atoms with Gasteiger partial charge >= 0.3 is 0 Å². The van der Waals surface area contributed by atoms with Crippen molar-refractivity contribution in [3.05, 3.63) is 501 Å². The molecule has 6 heteroatoms. The summed E-state index contributed by atoms with van der Waals surface area (Å²) < 4.78 is 20.8. The van der Waals surface area contributed by atoms with Crippen molar-refractivity contribution in [1.29, 1.82) is 0 Å². The minimum Gasteiger partial charge on any atom is -0.489 e. The highest BCUT2D eigenvalue weighted by molar-refractivity contribution is 5.94. The molecule has 0 amide bonds. The Morgan fingerprint density at radius 2 is 0.350 bits per heavy atom. The van der Waals surface area contributed by atoms with Crippen LogP contribution >= 0.6 is 0 Å². The quantitative estimate of drug-likeness (QED) is 0.0668. The molecule has 0 aromatic heterocycles. The first-order chi connectivity index (χ1) is 66.3. The second-order valence-corrected chi connectivity index (χ2v) is 42.0. The van der Waals surface area contributed by atoms with Crippen molar-refractivity contribution >= 4 is 51.2 Å². The topological polar surface area (TPSA) is 37.4 Å². The lowest BCUT2D eigenvalue weighted by Gasteiger charge is -2.32. The number of fused-ring (bicyclic) bond motifs is 18. The number of hydrogen-bond acceptors (Lipinski definition) is 6. The molecular weight excluding hydrogens is 1660 g/mol. The van der Waals surface area contributed by atoms with Crippen LogP contribution in [0, 0.1) is 0 Å². The molecule has 6 aliphatic carbocycles. The molecule has 0 spiro atoms. The monoisotopic (exact) mass is 1770 g/mol. The van der Waals surface area contributed by atoms with E-state index >= 15 is 0 Å². The van der Waals surface area contributed by atoms with Gasteiger partial charge in [-0.2, -0.15) is 0 Å². The average molecular weight is 1780 g/mol. The zero-order valence-corrected chi connectivity index (χ0v) is 80.3. The predicted octanol–water partition coefficient (Wildman–Crippen LogP) is 34.0. The lowest BCUT2D eigenvalue weighted by molar-refractivity contribution is 0.306. The van der Waals surface area contributed by atoms with E-state index in [1.807, 2.05) is 0 Å². The molecule has 0 bridgehead atoms. The van der Waals surface area contributed by atoms with Crippen LogP contribution in [0.1, 0.15) is 190 Å². The minimum atomic E-state index is -0.662. The third-order valence-electron chi connectivity index (χ3n) is 32.0. The van der Waals surface area contributed by atoms with Crippen LogP contribution in [0.4, 0.5) is 51.2 Å². The first-order valence-corrected chi connectivity index (χ1v) is 48.6. The summed E-state index contributed by atoms with van der Waals surface area (Å²) in [5, 5.41) is 0. The molecular formula is C131H111N3O3.